The van der Waals surface area contributed by atoms with Crippen LogP contribution in [0.2, 0.25) is 0 Å². The summed E-state index contributed by atoms with van der Waals surface area (Å²) in [6, 6.07) is 8.06. The van der Waals surface area contributed by atoms with E-state index in [0.29, 0.717) is 13.1 Å². The first-order valence-electron chi connectivity index (χ1n) is 9.22. The summed E-state index contributed by atoms with van der Waals surface area (Å²) in [6.07, 6.45) is 2.25. The summed E-state index contributed by atoms with van der Waals surface area (Å²) in [6.45, 7) is 7.65. The molecule has 2 aromatic rings. The lowest BCUT2D eigenvalue weighted by Crippen LogP contribution is -2.33. The van der Waals surface area contributed by atoms with Crippen molar-refractivity contribution in [1.82, 2.24) is 15.2 Å². The van der Waals surface area contributed by atoms with E-state index in [9.17, 15) is 9.59 Å². The molecule has 2 N–H and O–H groups in total. The molecule has 0 radical (unpaired) electrons. The fraction of sp³-hybridized carbons (Fsp3) is 0.677. The number of unbranched alkanes of at least 4 members (excludes halogenated alkanes) is 1. The minimum absolute atomic E-state index is 0. The van der Waals surface area contributed by atoms with E-state index in [1.165, 1.54) is 0 Å². The summed E-state index contributed by atoms with van der Waals surface area (Å²) in [4.78, 5) is 24.0. The third-order valence-electron chi connectivity index (χ3n) is 4.43. The smallest absolute Gasteiger partial charge is 0.407 e. The van der Waals surface area contributed by atoms with Crippen LogP contribution in [0.3, 0.4) is 0 Å². The number of nitrogens with one attached hydrogen (secondary N) is 2. The van der Waals surface area contributed by atoms with Gasteiger partial charge in [0, 0.05) is 42.7 Å². The van der Waals surface area contributed by atoms with Gasteiger partial charge in [0.05, 0.1) is 5.56 Å². The Morgan fingerprint density at radius 3 is 2.00 bits per heavy atom. The maximum atomic E-state index is 12.3. The number of fused-ring (bicyclic) bond motifs is 3. The summed E-state index contributed by atoms with van der Waals surface area (Å²) < 4.78 is 7.50. The normalized spacial score (nSPS) is 9.86. The number of amides is 2. The molecule has 6 heteroatoms. The van der Waals surface area contributed by atoms with Crippen molar-refractivity contribution < 1.29 is 14.3 Å². The lowest BCUT2D eigenvalue weighted by atomic mass is 10.1. The molecule has 1 aromatic carbocycles. The first-order chi connectivity index (χ1) is 12.4. The maximum absolute atomic E-state index is 12.3. The molecule has 0 atom stereocenters. The summed E-state index contributed by atoms with van der Waals surface area (Å²) in [5.41, 5.74) is 2.57. The van der Waals surface area contributed by atoms with Gasteiger partial charge < -0.3 is 19.9 Å². The van der Waals surface area contributed by atoms with Crippen LogP contribution in [0.5, 0.6) is 0 Å². The molecular formula is C31H71N3O3. The molecule has 1 aliphatic heterocycles. The predicted molar refractivity (Wildman–Crippen MR) is 175 cm³/mol. The number of aryl methyl sites for hydroxylation is 1. The zero-order chi connectivity index (χ0) is 18.7. The molecule has 6 nitrogen and oxygen atoms in total. The van der Waals surface area contributed by atoms with Crippen molar-refractivity contribution in [2.45, 2.75) is 134 Å². The third kappa shape index (κ3) is 14.7. The van der Waals surface area contributed by atoms with Crippen molar-refractivity contribution in [2.75, 3.05) is 13.1 Å². The molecule has 2 heterocycles. The van der Waals surface area contributed by atoms with Crippen LogP contribution in [0, 0.1) is 0 Å². The number of carbonyl (C=O) groups is 2. The number of hydrogen-bond donors (Lipinski definition) is 2. The molecule has 1 aromatic heterocycles. The second-order valence-electron chi connectivity index (χ2n) is 7.63. The summed E-state index contributed by atoms with van der Waals surface area (Å²) >= 11 is 0. The van der Waals surface area contributed by atoms with Gasteiger partial charge in [-0.25, -0.2) is 4.79 Å². The molecule has 0 aliphatic carbocycles. The average molecular weight is 534 g/mol. The van der Waals surface area contributed by atoms with E-state index in [1.54, 1.807) is 0 Å². The molecule has 0 bridgehead atoms. The molecule has 0 spiro atoms. The highest BCUT2D eigenvalue weighted by molar-refractivity contribution is 6.09. The monoisotopic (exact) mass is 534 g/mol. The van der Waals surface area contributed by atoms with Gasteiger partial charge in [-0.05, 0) is 39.7 Å². The fourth-order valence-corrected chi connectivity index (χ4v) is 3.41. The van der Waals surface area contributed by atoms with Crippen LogP contribution in [0.25, 0.3) is 10.9 Å². The third-order valence-corrected chi connectivity index (χ3v) is 4.43. The van der Waals surface area contributed by atoms with Crippen LogP contribution in [-0.2, 0) is 17.7 Å². The van der Waals surface area contributed by atoms with Crippen LogP contribution in [0.15, 0.2) is 24.3 Å². The van der Waals surface area contributed by atoms with E-state index in [-0.39, 0.29) is 93.7 Å². The lowest BCUT2D eigenvalue weighted by molar-refractivity contribution is 0.0526. The van der Waals surface area contributed by atoms with Gasteiger partial charge in [-0.1, -0.05) is 99.9 Å². The number of aromatic nitrogens is 1. The number of carbonyl (C=O) groups excluding carboxylic acids is 2. The van der Waals surface area contributed by atoms with Gasteiger partial charge in [0.2, 0.25) is 0 Å². The summed E-state index contributed by atoms with van der Waals surface area (Å²) in [5.74, 6) is 0.0211. The van der Waals surface area contributed by atoms with Crippen LogP contribution >= 0.6 is 0 Å². The predicted octanol–water partition coefficient (Wildman–Crippen LogP) is 10.2. The molecule has 3 rings (SSSR count). The Hall–Kier alpha value is -2.50. The molecule has 0 unspecified atom stereocenters. The number of rotatable bonds is 5. The highest BCUT2D eigenvalue weighted by atomic mass is 16.6. The van der Waals surface area contributed by atoms with E-state index in [2.05, 4.69) is 21.3 Å². The average Bonchev–Trinajstić information content (AvgIpc) is 2.88. The first-order valence-corrected chi connectivity index (χ1v) is 9.22. The van der Waals surface area contributed by atoms with Gasteiger partial charge >= 0.3 is 6.09 Å². The fourth-order valence-electron chi connectivity index (χ4n) is 3.41. The number of hydrogen-bond acceptors (Lipinski definition) is 3. The van der Waals surface area contributed by atoms with Gasteiger partial charge in [0.15, 0.2) is 0 Å². The summed E-state index contributed by atoms with van der Waals surface area (Å²) in [5, 5.41) is 6.75. The van der Waals surface area contributed by atoms with E-state index in [1.807, 2.05) is 39.0 Å². The van der Waals surface area contributed by atoms with Gasteiger partial charge in [0.25, 0.3) is 5.91 Å². The van der Waals surface area contributed by atoms with Crippen molar-refractivity contribution in [2.24, 2.45) is 0 Å². The zero-order valence-electron chi connectivity index (χ0n) is 15.7. The number of benzene rings is 1. The quantitative estimate of drug-likeness (QED) is 0.375. The van der Waals surface area contributed by atoms with E-state index in [4.69, 9.17) is 4.74 Å². The van der Waals surface area contributed by atoms with Crippen molar-refractivity contribution >= 4 is 22.9 Å². The van der Waals surface area contributed by atoms with Crippen molar-refractivity contribution in [3.8, 4) is 0 Å². The van der Waals surface area contributed by atoms with E-state index < -0.39 is 5.60 Å². The lowest BCUT2D eigenvalue weighted by Gasteiger charge is -2.19. The van der Waals surface area contributed by atoms with Crippen molar-refractivity contribution in [1.29, 1.82) is 0 Å². The van der Waals surface area contributed by atoms with E-state index >= 15 is 0 Å². The minimum atomic E-state index is -0.478. The Morgan fingerprint density at radius 2 is 1.46 bits per heavy atom. The van der Waals surface area contributed by atoms with E-state index in [0.717, 1.165) is 48.0 Å². The number of nitrogens with zero attached hydrogens (tertiary/aromatic N) is 1. The first kappa shape index (κ1) is 59.5. The van der Waals surface area contributed by atoms with Gasteiger partial charge in [-0.2, -0.15) is 0 Å². The second kappa shape index (κ2) is 25.2. The Kier molecular flexibility index (Phi) is 40.5. The topological polar surface area (TPSA) is 72.4 Å². The number of alkyl carbamates (subject to hydrolysis) is 1. The largest absolute Gasteiger partial charge is 0.444 e. The Labute approximate surface area is 235 Å². The highest BCUT2D eigenvalue weighted by Gasteiger charge is 2.25. The van der Waals surface area contributed by atoms with Crippen LogP contribution in [0.4, 0.5) is 4.79 Å². The molecule has 0 saturated heterocycles. The van der Waals surface area contributed by atoms with Gasteiger partial charge in [0.1, 0.15) is 5.60 Å². The Bertz CT molecular complexity index is 821. The Balaban J connectivity index is -0.000000102. The highest BCUT2D eigenvalue weighted by Crippen LogP contribution is 2.28. The molecular weight excluding hydrogens is 462 g/mol. The maximum Gasteiger partial charge on any atom is 0.407 e. The Morgan fingerprint density at radius 1 is 0.919 bits per heavy atom. The number of para-hydroxylation sites is 1. The standard InChI is InChI=1S/C20H27N3O3.11CH4/c1-20(2,3)26-19(25)22-11-6-7-13-23-15-9-5-4-8-14(15)17-16(23)10-12-21-18(17)24;;;;;;;;;;;/h4-5,8-9H,6-7,10-13H2,1-3H3,(H,21,24)(H,22,25);11*1H4. The van der Waals surface area contributed by atoms with Crippen LogP contribution in [-0.4, -0.2) is 35.3 Å². The molecule has 1 aliphatic rings. The van der Waals surface area contributed by atoms with Crippen LogP contribution < -0.4 is 10.6 Å². The van der Waals surface area contributed by atoms with Gasteiger partial charge in [-0.15, -0.1) is 0 Å². The second-order valence-corrected chi connectivity index (χ2v) is 7.63. The molecule has 228 valence electrons. The molecule has 0 saturated carbocycles. The van der Waals surface area contributed by atoms with Crippen molar-refractivity contribution in [3.63, 3.8) is 0 Å². The molecule has 0 fully saturated rings. The SMILES string of the molecule is C.C.C.C.C.C.C.C.C.C.C.CC(C)(C)OC(=O)NCCCCn1c2c(c3ccccc31)C(=O)NCC2. The summed E-state index contributed by atoms with van der Waals surface area (Å²) in [7, 11) is 0. The minimum Gasteiger partial charge on any atom is -0.444 e. The van der Waals surface area contributed by atoms with Crippen molar-refractivity contribution in [3.05, 3.63) is 35.5 Å². The molecule has 2 amide bonds. The molecule has 37 heavy (non-hydrogen) atoms. The number of ether oxygens (including phenoxy) is 1. The van der Waals surface area contributed by atoms with Gasteiger partial charge in [-0.3, -0.25) is 4.79 Å². The van der Waals surface area contributed by atoms with Crippen LogP contribution in [0.1, 0.15) is 131 Å². The zero-order valence-corrected chi connectivity index (χ0v) is 15.7.